The Labute approximate surface area is 82.3 Å². The topological polar surface area (TPSA) is 42.9 Å². The van der Waals surface area contributed by atoms with Crippen LogP contribution >= 0.6 is 11.5 Å². The number of carbonyl (C=O) groups is 1. The van der Waals surface area contributed by atoms with E-state index in [2.05, 4.69) is 23.4 Å². The minimum absolute atomic E-state index is 0.177. The summed E-state index contributed by atoms with van der Waals surface area (Å²) in [5.41, 5.74) is 0. The summed E-state index contributed by atoms with van der Waals surface area (Å²) in [5.74, 6) is 0.850. The number of rotatable bonds is 5. The molecule has 0 fully saturated rings. The van der Waals surface area contributed by atoms with E-state index in [0.29, 0.717) is 17.2 Å². The monoisotopic (exact) mass is 198 g/mol. The fourth-order valence-corrected chi connectivity index (χ4v) is 1.56. The highest BCUT2D eigenvalue weighted by Gasteiger charge is 2.08. The number of hydrogen-bond acceptors (Lipinski definition) is 4. The standard InChI is InChI=1S/C9H14N2OS/c1-7(2)4-3-5-8(12)9-6-10-11-13-9/h6-7H,3-5H2,1-2H3. The van der Waals surface area contributed by atoms with E-state index in [1.807, 2.05) is 0 Å². The molecule has 0 aliphatic rings. The highest BCUT2D eigenvalue weighted by atomic mass is 32.1. The zero-order valence-electron chi connectivity index (χ0n) is 7.99. The van der Waals surface area contributed by atoms with E-state index >= 15 is 0 Å². The molecule has 0 saturated carbocycles. The molecular weight excluding hydrogens is 184 g/mol. The second kappa shape index (κ2) is 5.07. The Kier molecular flexibility index (Phi) is 4.02. The molecule has 1 aromatic heterocycles. The lowest BCUT2D eigenvalue weighted by atomic mass is 10.0. The van der Waals surface area contributed by atoms with Crippen LogP contribution in [0.25, 0.3) is 0 Å². The van der Waals surface area contributed by atoms with Crippen molar-refractivity contribution >= 4 is 17.3 Å². The summed E-state index contributed by atoms with van der Waals surface area (Å²) in [7, 11) is 0. The van der Waals surface area contributed by atoms with Crippen LogP contribution in [0.1, 0.15) is 42.8 Å². The van der Waals surface area contributed by atoms with Gasteiger partial charge >= 0.3 is 0 Å². The van der Waals surface area contributed by atoms with Crippen molar-refractivity contribution in [1.29, 1.82) is 0 Å². The molecule has 0 radical (unpaired) electrons. The Balaban J connectivity index is 2.27. The third kappa shape index (κ3) is 3.63. The van der Waals surface area contributed by atoms with Gasteiger partial charge in [-0.1, -0.05) is 24.8 Å². The maximum absolute atomic E-state index is 11.4. The van der Waals surface area contributed by atoms with E-state index in [1.54, 1.807) is 6.20 Å². The Morgan fingerprint density at radius 2 is 2.38 bits per heavy atom. The van der Waals surface area contributed by atoms with E-state index in [1.165, 1.54) is 11.5 Å². The summed E-state index contributed by atoms with van der Waals surface area (Å²) in [4.78, 5) is 12.1. The maximum Gasteiger partial charge on any atom is 0.176 e. The van der Waals surface area contributed by atoms with Gasteiger partial charge in [-0.3, -0.25) is 4.79 Å². The summed E-state index contributed by atoms with van der Waals surface area (Å²) in [6.45, 7) is 4.33. The fraction of sp³-hybridized carbons (Fsp3) is 0.667. The van der Waals surface area contributed by atoms with Crippen molar-refractivity contribution in [2.75, 3.05) is 0 Å². The highest BCUT2D eigenvalue weighted by molar-refractivity contribution is 7.07. The van der Waals surface area contributed by atoms with Gasteiger partial charge in [0, 0.05) is 6.42 Å². The first-order valence-electron chi connectivity index (χ1n) is 4.50. The lowest BCUT2D eigenvalue weighted by molar-refractivity contribution is 0.0982. The van der Waals surface area contributed by atoms with Gasteiger partial charge in [0.25, 0.3) is 0 Å². The SMILES string of the molecule is CC(C)CCCC(=O)c1cnns1. The molecule has 0 N–H and O–H groups in total. The van der Waals surface area contributed by atoms with Crippen molar-refractivity contribution in [1.82, 2.24) is 9.59 Å². The number of carbonyl (C=O) groups excluding carboxylic acids is 1. The quantitative estimate of drug-likeness (QED) is 0.683. The molecule has 1 aromatic rings. The van der Waals surface area contributed by atoms with Crippen LogP contribution in [0.2, 0.25) is 0 Å². The van der Waals surface area contributed by atoms with E-state index in [0.717, 1.165) is 12.8 Å². The largest absolute Gasteiger partial charge is 0.293 e. The smallest absolute Gasteiger partial charge is 0.176 e. The van der Waals surface area contributed by atoms with Gasteiger partial charge < -0.3 is 0 Å². The van der Waals surface area contributed by atoms with Crippen LogP contribution < -0.4 is 0 Å². The fourth-order valence-electron chi connectivity index (χ4n) is 1.08. The maximum atomic E-state index is 11.4. The zero-order valence-corrected chi connectivity index (χ0v) is 8.80. The molecule has 0 bridgehead atoms. The molecule has 0 aliphatic heterocycles. The van der Waals surface area contributed by atoms with Crippen LogP contribution in [0.4, 0.5) is 0 Å². The Hall–Kier alpha value is -0.770. The number of hydrogen-bond donors (Lipinski definition) is 0. The van der Waals surface area contributed by atoms with Gasteiger partial charge in [0.05, 0.1) is 6.20 Å². The second-order valence-electron chi connectivity index (χ2n) is 3.49. The zero-order chi connectivity index (χ0) is 9.68. The number of nitrogens with zero attached hydrogens (tertiary/aromatic N) is 2. The van der Waals surface area contributed by atoms with Crippen LogP contribution in [-0.4, -0.2) is 15.4 Å². The first kappa shape index (κ1) is 10.3. The molecule has 0 aromatic carbocycles. The van der Waals surface area contributed by atoms with Gasteiger partial charge in [0.2, 0.25) is 0 Å². The van der Waals surface area contributed by atoms with Crippen molar-refractivity contribution in [3.05, 3.63) is 11.1 Å². The normalized spacial score (nSPS) is 10.7. The van der Waals surface area contributed by atoms with Gasteiger partial charge in [0.15, 0.2) is 5.78 Å². The van der Waals surface area contributed by atoms with E-state index in [9.17, 15) is 4.79 Å². The average Bonchev–Trinajstić information content (AvgIpc) is 2.55. The summed E-state index contributed by atoms with van der Waals surface area (Å²) in [6.07, 6.45) is 4.25. The van der Waals surface area contributed by atoms with Crippen LogP contribution in [0, 0.1) is 5.92 Å². The van der Waals surface area contributed by atoms with Crippen LogP contribution in [-0.2, 0) is 0 Å². The molecule has 0 aliphatic carbocycles. The molecule has 3 nitrogen and oxygen atoms in total. The van der Waals surface area contributed by atoms with E-state index in [-0.39, 0.29) is 5.78 Å². The van der Waals surface area contributed by atoms with Gasteiger partial charge in [-0.05, 0) is 23.9 Å². The van der Waals surface area contributed by atoms with Crippen molar-refractivity contribution in [3.63, 3.8) is 0 Å². The Morgan fingerprint density at radius 1 is 1.62 bits per heavy atom. The molecule has 0 atom stereocenters. The van der Waals surface area contributed by atoms with Crippen LogP contribution in [0.15, 0.2) is 6.20 Å². The van der Waals surface area contributed by atoms with Crippen molar-refractivity contribution < 1.29 is 4.79 Å². The predicted octanol–water partition coefficient (Wildman–Crippen LogP) is 2.55. The molecule has 1 rings (SSSR count). The van der Waals surface area contributed by atoms with Crippen LogP contribution in [0.5, 0.6) is 0 Å². The average molecular weight is 198 g/mol. The predicted molar refractivity (Wildman–Crippen MR) is 52.9 cm³/mol. The molecule has 4 heteroatoms. The van der Waals surface area contributed by atoms with Crippen molar-refractivity contribution in [2.24, 2.45) is 5.92 Å². The molecular formula is C9H14N2OS. The van der Waals surface area contributed by atoms with Crippen LogP contribution in [0.3, 0.4) is 0 Å². The number of ketones is 1. The lowest BCUT2D eigenvalue weighted by Crippen LogP contribution is -1.97. The molecule has 0 amide bonds. The lowest BCUT2D eigenvalue weighted by Gasteiger charge is -2.01. The first-order valence-corrected chi connectivity index (χ1v) is 5.28. The number of aromatic nitrogens is 2. The molecule has 1 heterocycles. The van der Waals surface area contributed by atoms with Crippen molar-refractivity contribution in [2.45, 2.75) is 33.1 Å². The minimum Gasteiger partial charge on any atom is -0.293 e. The second-order valence-corrected chi connectivity index (χ2v) is 4.28. The van der Waals surface area contributed by atoms with Gasteiger partial charge in [-0.15, -0.1) is 5.10 Å². The molecule has 0 unspecified atom stereocenters. The van der Waals surface area contributed by atoms with Gasteiger partial charge in [-0.2, -0.15) is 0 Å². The van der Waals surface area contributed by atoms with Gasteiger partial charge in [-0.25, -0.2) is 0 Å². The highest BCUT2D eigenvalue weighted by Crippen LogP contribution is 2.11. The third-order valence-corrected chi connectivity index (χ3v) is 2.53. The third-order valence-electron chi connectivity index (χ3n) is 1.82. The number of Topliss-reactive ketones (excluding diaryl/α,β-unsaturated/α-hetero) is 1. The molecule has 72 valence electrons. The van der Waals surface area contributed by atoms with E-state index in [4.69, 9.17) is 0 Å². The summed E-state index contributed by atoms with van der Waals surface area (Å²) in [5, 5.41) is 3.63. The summed E-state index contributed by atoms with van der Waals surface area (Å²) >= 11 is 1.18. The summed E-state index contributed by atoms with van der Waals surface area (Å²) < 4.78 is 3.66. The minimum atomic E-state index is 0.177. The molecule has 0 saturated heterocycles. The first-order chi connectivity index (χ1) is 6.20. The molecule has 13 heavy (non-hydrogen) atoms. The Morgan fingerprint density at radius 3 is 2.92 bits per heavy atom. The van der Waals surface area contributed by atoms with E-state index < -0.39 is 0 Å². The Bertz CT molecular complexity index is 257. The van der Waals surface area contributed by atoms with Crippen molar-refractivity contribution in [3.8, 4) is 0 Å². The molecule has 0 spiro atoms. The van der Waals surface area contributed by atoms with Gasteiger partial charge in [0.1, 0.15) is 4.88 Å². The summed E-state index contributed by atoms with van der Waals surface area (Å²) in [6, 6.07) is 0.